The first kappa shape index (κ1) is 24.5. The zero-order valence-corrected chi connectivity index (χ0v) is 19.0. The summed E-state index contributed by atoms with van der Waals surface area (Å²) in [5, 5.41) is 8.99. The molecule has 3 N–H and O–H groups in total. The average Bonchev–Trinajstić information content (AvgIpc) is 2.53. The molecule has 0 saturated carbocycles. The molecule has 0 heterocycles. The van der Waals surface area contributed by atoms with Crippen LogP contribution in [-0.2, 0) is 4.79 Å². The number of hydrogen-bond donors (Lipinski definition) is 3. The van der Waals surface area contributed by atoms with Crippen molar-refractivity contribution in [3.05, 3.63) is 29.8 Å². The maximum atomic E-state index is 11.8. The van der Waals surface area contributed by atoms with Crippen LogP contribution in [0.1, 0.15) is 46.1 Å². The molecular formula is C19H33IN4O2. The largest absolute Gasteiger partial charge is 0.492 e. The van der Waals surface area contributed by atoms with Crippen molar-refractivity contribution in [2.45, 2.75) is 46.1 Å². The molecule has 1 aromatic carbocycles. The van der Waals surface area contributed by atoms with E-state index in [1.54, 1.807) is 7.05 Å². The Bertz CT molecular complexity index is 566. The van der Waals surface area contributed by atoms with E-state index < -0.39 is 0 Å². The van der Waals surface area contributed by atoms with Crippen LogP contribution in [-0.4, -0.2) is 44.1 Å². The highest BCUT2D eigenvalue weighted by atomic mass is 127. The molecule has 0 aromatic heterocycles. The van der Waals surface area contributed by atoms with E-state index >= 15 is 0 Å². The van der Waals surface area contributed by atoms with Crippen LogP contribution < -0.4 is 20.7 Å². The summed E-state index contributed by atoms with van der Waals surface area (Å²) >= 11 is 0. The van der Waals surface area contributed by atoms with Crippen LogP contribution in [0.15, 0.2) is 29.3 Å². The van der Waals surface area contributed by atoms with Gasteiger partial charge in [0.25, 0.3) is 0 Å². The minimum absolute atomic E-state index is 0. The summed E-state index contributed by atoms with van der Waals surface area (Å²) < 4.78 is 5.70. The molecule has 0 unspecified atom stereocenters. The SMILES string of the molecule is CN=C(NCCOc1ccc(C(C)C)cc1)NCC(=O)NC(C)(C)C.I. The first-order chi connectivity index (χ1) is 11.7. The molecule has 0 fully saturated rings. The molecule has 0 radical (unpaired) electrons. The number of aliphatic imine (C=N–C) groups is 1. The third-order valence-corrected chi connectivity index (χ3v) is 3.36. The number of amides is 1. The van der Waals surface area contributed by atoms with E-state index in [9.17, 15) is 4.79 Å². The predicted octanol–water partition coefficient (Wildman–Crippen LogP) is 2.89. The van der Waals surface area contributed by atoms with Gasteiger partial charge in [-0.1, -0.05) is 26.0 Å². The van der Waals surface area contributed by atoms with Crippen LogP contribution in [0.2, 0.25) is 0 Å². The number of benzene rings is 1. The summed E-state index contributed by atoms with van der Waals surface area (Å²) in [5.41, 5.74) is 1.05. The third kappa shape index (κ3) is 10.5. The lowest BCUT2D eigenvalue weighted by molar-refractivity contribution is -0.121. The molecule has 7 heteroatoms. The van der Waals surface area contributed by atoms with Crippen molar-refractivity contribution < 1.29 is 9.53 Å². The van der Waals surface area contributed by atoms with Gasteiger partial charge in [-0.25, -0.2) is 0 Å². The Morgan fingerprint density at radius 2 is 1.77 bits per heavy atom. The number of ether oxygens (including phenoxy) is 1. The van der Waals surface area contributed by atoms with E-state index in [0.29, 0.717) is 25.0 Å². The quantitative estimate of drug-likeness (QED) is 0.245. The lowest BCUT2D eigenvalue weighted by atomic mass is 10.0. The van der Waals surface area contributed by atoms with Gasteiger partial charge < -0.3 is 20.7 Å². The highest BCUT2D eigenvalue weighted by Gasteiger charge is 2.13. The van der Waals surface area contributed by atoms with Crippen molar-refractivity contribution in [2.75, 3.05) is 26.7 Å². The summed E-state index contributed by atoms with van der Waals surface area (Å²) in [7, 11) is 1.67. The number of carbonyl (C=O) groups excluding carboxylic acids is 1. The third-order valence-electron chi connectivity index (χ3n) is 3.36. The second-order valence-electron chi connectivity index (χ2n) is 7.22. The topological polar surface area (TPSA) is 74.8 Å². The van der Waals surface area contributed by atoms with Crippen molar-refractivity contribution in [2.24, 2.45) is 4.99 Å². The van der Waals surface area contributed by atoms with Gasteiger partial charge in [0.2, 0.25) is 5.91 Å². The van der Waals surface area contributed by atoms with Crippen LogP contribution >= 0.6 is 24.0 Å². The monoisotopic (exact) mass is 476 g/mol. The molecule has 148 valence electrons. The Morgan fingerprint density at radius 3 is 2.27 bits per heavy atom. The molecule has 0 saturated heterocycles. The molecule has 1 amide bonds. The molecule has 0 spiro atoms. The molecule has 6 nitrogen and oxygen atoms in total. The van der Waals surface area contributed by atoms with Crippen molar-refractivity contribution in [1.29, 1.82) is 0 Å². The minimum atomic E-state index is -0.241. The number of nitrogens with zero attached hydrogens (tertiary/aromatic N) is 1. The van der Waals surface area contributed by atoms with Crippen LogP contribution in [0.3, 0.4) is 0 Å². The van der Waals surface area contributed by atoms with Gasteiger partial charge in [-0.05, 0) is 44.4 Å². The van der Waals surface area contributed by atoms with E-state index in [-0.39, 0.29) is 42.0 Å². The molecule has 0 atom stereocenters. The number of halogens is 1. The van der Waals surface area contributed by atoms with Crippen LogP contribution in [0.5, 0.6) is 5.75 Å². The van der Waals surface area contributed by atoms with E-state index in [1.165, 1.54) is 5.56 Å². The normalized spacial score (nSPS) is 11.6. The van der Waals surface area contributed by atoms with Gasteiger partial charge in [-0.15, -0.1) is 24.0 Å². The summed E-state index contributed by atoms with van der Waals surface area (Å²) in [6.07, 6.45) is 0. The second kappa shape index (κ2) is 12.0. The molecule has 0 aliphatic heterocycles. The van der Waals surface area contributed by atoms with Gasteiger partial charge in [-0.2, -0.15) is 0 Å². The van der Waals surface area contributed by atoms with Crippen molar-refractivity contribution >= 4 is 35.8 Å². The van der Waals surface area contributed by atoms with Gasteiger partial charge in [0.05, 0.1) is 13.1 Å². The van der Waals surface area contributed by atoms with Gasteiger partial charge in [-0.3, -0.25) is 9.79 Å². The van der Waals surface area contributed by atoms with Gasteiger partial charge >= 0.3 is 0 Å². The summed E-state index contributed by atoms with van der Waals surface area (Å²) in [6, 6.07) is 8.14. The van der Waals surface area contributed by atoms with Crippen molar-refractivity contribution in [1.82, 2.24) is 16.0 Å². The fraction of sp³-hybridized carbons (Fsp3) is 0.579. The minimum Gasteiger partial charge on any atom is -0.492 e. The molecule has 0 bridgehead atoms. The Morgan fingerprint density at radius 1 is 1.15 bits per heavy atom. The Hall–Kier alpha value is -1.51. The van der Waals surface area contributed by atoms with Crippen molar-refractivity contribution in [3.63, 3.8) is 0 Å². The molecule has 0 aliphatic carbocycles. The van der Waals surface area contributed by atoms with Crippen LogP contribution in [0.25, 0.3) is 0 Å². The highest BCUT2D eigenvalue weighted by molar-refractivity contribution is 14.0. The summed E-state index contributed by atoms with van der Waals surface area (Å²) in [6.45, 7) is 11.5. The standard InChI is InChI=1S/C19H32N4O2.HI/c1-14(2)15-7-9-16(10-8-15)25-12-11-21-18(20-6)22-13-17(24)23-19(3,4)5;/h7-10,14H,11-13H2,1-6H3,(H,23,24)(H2,20,21,22);1H. The van der Waals surface area contributed by atoms with Crippen LogP contribution in [0.4, 0.5) is 0 Å². The van der Waals surface area contributed by atoms with Gasteiger partial charge in [0, 0.05) is 12.6 Å². The molecule has 26 heavy (non-hydrogen) atoms. The van der Waals surface area contributed by atoms with E-state index in [4.69, 9.17) is 4.74 Å². The lowest BCUT2D eigenvalue weighted by Crippen LogP contribution is -2.48. The zero-order chi connectivity index (χ0) is 18.9. The first-order valence-corrected chi connectivity index (χ1v) is 8.69. The molecule has 0 aliphatic rings. The maximum Gasteiger partial charge on any atom is 0.239 e. The Kier molecular flexibility index (Phi) is 11.3. The van der Waals surface area contributed by atoms with Gasteiger partial charge in [0.1, 0.15) is 12.4 Å². The smallest absolute Gasteiger partial charge is 0.239 e. The average molecular weight is 476 g/mol. The van der Waals surface area contributed by atoms with E-state index in [1.807, 2.05) is 32.9 Å². The zero-order valence-electron chi connectivity index (χ0n) is 16.7. The van der Waals surface area contributed by atoms with Gasteiger partial charge in [0.15, 0.2) is 5.96 Å². The maximum absolute atomic E-state index is 11.8. The molecular weight excluding hydrogens is 443 g/mol. The summed E-state index contributed by atoms with van der Waals surface area (Å²) in [4.78, 5) is 15.9. The van der Waals surface area contributed by atoms with Crippen molar-refractivity contribution in [3.8, 4) is 5.75 Å². The molecule has 1 aromatic rings. The number of hydrogen-bond acceptors (Lipinski definition) is 3. The Balaban J connectivity index is 0.00000625. The first-order valence-electron chi connectivity index (χ1n) is 8.69. The van der Waals surface area contributed by atoms with E-state index in [2.05, 4.69) is 46.9 Å². The lowest BCUT2D eigenvalue weighted by Gasteiger charge is -2.21. The fourth-order valence-corrected chi connectivity index (χ4v) is 2.13. The predicted molar refractivity (Wildman–Crippen MR) is 119 cm³/mol. The summed E-state index contributed by atoms with van der Waals surface area (Å²) in [5.74, 6) is 1.86. The number of nitrogens with one attached hydrogen (secondary N) is 3. The number of rotatable bonds is 7. The highest BCUT2D eigenvalue weighted by Crippen LogP contribution is 2.18. The van der Waals surface area contributed by atoms with Crippen LogP contribution in [0, 0.1) is 0 Å². The Labute approximate surface area is 174 Å². The number of guanidine groups is 1. The molecule has 1 rings (SSSR count). The number of carbonyl (C=O) groups is 1. The second-order valence-corrected chi connectivity index (χ2v) is 7.22. The van der Waals surface area contributed by atoms with E-state index in [0.717, 1.165) is 5.75 Å². The fourth-order valence-electron chi connectivity index (χ4n) is 2.13.